The number of nitrogens with one attached hydrogen (secondary N) is 1. The summed E-state index contributed by atoms with van der Waals surface area (Å²) in [7, 11) is 0. The molecule has 1 aromatic rings. The summed E-state index contributed by atoms with van der Waals surface area (Å²) < 4.78 is 0. The van der Waals surface area contributed by atoms with E-state index in [0.717, 1.165) is 12.0 Å². The Morgan fingerprint density at radius 2 is 2.18 bits per heavy atom. The van der Waals surface area contributed by atoms with Crippen LogP contribution >= 0.6 is 11.3 Å². The molecule has 1 nitrogen and oxygen atoms in total. The molecule has 96 valence electrons. The van der Waals surface area contributed by atoms with Gasteiger partial charge in [-0.3, -0.25) is 0 Å². The van der Waals surface area contributed by atoms with Gasteiger partial charge >= 0.3 is 0 Å². The summed E-state index contributed by atoms with van der Waals surface area (Å²) in [5.74, 6) is 0.781. The third-order valence-corrected chi connectivity index (χ3v) is 4.55. The molecule has 1 aliphatic rings. The summed E-state index contributed by atoms with van der Waals surface area (Å²) in [6, 6.07) is 3.10. The van der Waals surface area contributed by atoms with Crippen LogP contribution < -0.4 is 5.32 Å². The molecule has 2 heteroatoms. The number of thiophene rings is 1. The minimum atomic E-state index is 0.415. The van der Waals surface area contributed by atoms with Crippen LogP contribution in [0.5, 0.6) is 0 Å². The van der Waals surface area contributed by atoms with Crippen LogP contribution in [0.2, 0.25) is 0 Å². The number of rotatable bonds is 6. The Balaban J connectivity index is 1.81. The zero-order valence-electron chi connectivity index (χ0n) is 11.3. The molecule has 0 bridgehead atoms. The number of hydrogen-bond donors (Lipinski definition) is 1. The molecule has 1 aromatic heterocycles. The van der Waals surface area contributed by atoms with E-state index in [9.17, 15) is 0 Å². The summed E-state index contributed by atoms with van der Waals surface area (Å²) in [6.45, 7) is 8.32. The van der Waals surface area contributed by atoms with Gasteiger partial charge in [-0.15, -0.1) is 0 Å². The second kappa shape index (κ2) is 5.53. The van der Waals surface area contributed by atoms with Crippen molar-refractivity contribution in [2.75, 3.05) is 6.54 Å². The third-order valence-electron chi connectivity index (χ3n) is 3.82. The van der Waals surface area contributed by atoms with Crippen molar-refractivity contribution in [1.29, 1.82) is 0 Å². The quantitative estimate of drug-likeness (QED) is 0.803. The van der Waals surface area contributed by atoms with Gasteiger partial charge in [-0.1, -0.05) is 20.8 Å². The average Bonchev–Trinajstić information content (AvgIpc) is 2.91. The normalized spacial score (nSPS) is 18.3. The van der Waals surface area contributed by atoms with Gasteiger partial charge in [-0.05, 0) is 66.0 Å². The first-order valence-corrected chi connectivity index (χ1v) is 7.74. The van der Waals surface area contributed by atoms with Crippen molar-refractivity contribution in [2.45, 2.75) is 52.5 Å². The molecule has 1 unspecified atom stereocenters. The first-order chi connectivity index (χ1) is 8.05. The SMILES string of the molecule is CC(C)(C)C(CCc1ccsc1)CNC1CC1. The molecule has 0 spiro atoms. The molecule has 0 saturated heterocycles. The molecule has 1 heterocycles. The van der Waals surface area contributed by atoms with Gasteiger partial charge in [0.25, 0.3) is 0 Å². The van der Waals surface area contributed by atoms with E-state index in [1.807, 2.05) is 11.3 Å². The van der Waals surface area contributed by atoms with Gasteiger partial charge in [-0.25, -0.2) is 0 Å². The number of aryl methyl sites for hydroxylation is 1. The molecule has 1 aliphatic carbocycles. The van der Waals surface area contributed by atoms with Crippen molar-refractivity contribution >= 4 is 11.3 Å². The van der Waals surface area contributed by atoms with Crippen LogP contribution in [0.3, 0.4) is 0 Å². The van der Waals surface area contributed by atoms with Crippen molar-refractivity contribution in [3.05, 3.63) is 22.4 Å². The summed E-state index contributed by atoms with van der Waals surface area (Å²) >= 11 is 1.81. The Kier molecular flexibility index (Phi) is 4.26. The summed E-state index contributed by atoms with van der Waals surface area (Å²) in [5, 5.41) is 8.17. The van der Waals surface area contributed by atoms with Crippen molar-refractivity contribution in [3.63, 3.8) is 0 Å². The largest absolute Gasteiger partial charge is 0.314 e. The Morgan fingerprint density at radius 3 is 2.71 bits per heavy atom. The van der Waals surface area contributed by atoms with E-state index in [1.54, 1.807) is 0 Å². The highest BCUT2D eigenvalue weighted by molar-refractivity contribution is 7.07. The topological polar surface area (TPSA) is 12.0 Å². The summed E-state index contributed by atoms with van der Waals surface area (Å²) in [4.78, 5) is 0. The lowest BCUT2D eigenvalue weighted by Gasteiger charge is -2.31. The summed E-state index contributed by atoms with van der Waals surface area (Å²) in [6.07, 6.45) is 5.32. The monoisotopic (exact) mass is 251 g/mol. The fourth-order valence-electron chi connectivity index (χ4n) is 2.21. The molecule has 1 atom stereocenters. The van der Waals surface area contributed by atoms with Gasteiger partial charge in [0.1, 0.15) is 0 Å². The molecule has 1 N–H and O–H groups in total. The molecular formula is C15H25NS. The molecule has 0 radical (unpaired) electrons. The van der Waals surface area contributed by atoms with E-state index in [1.165, 1.54) is 37.8 Å². The molecule has 0 amide bonds. The highest BCUT2D eigenvalue weighted by atomic mass is 32.1. The van der Waals surface area contributed by atoms with E-state index in [0.29, 0.717) is 5.41 Å². The second-order valence-corrected chi connectivity index (χ2v) is 7.20. The second-order valence-electron chi connectivity index (χ2n) is 6.42. The zero-order chi connectivity index (χ0) is 12.3. The zero-order valence-corrected chi connectivity index (χ0v) is 12.1. The molecule has 17 heavy (non-hydrogen) atoms. The lowest BCUT2D eigenvalue weighted by atomic mass is 9.77. The lowest BCUT2D eigenvalue weighted by Crippen LogP contribution is -2.33. The van der Waals surface area contributed by atoms with Crippen LogP contribution in [0.25, 0.3) is 0 Å². The van der Waals surface area contributed by atoms with Crippen molar-refractivity contribution < 1.29 is 0 Å². The van der Waals surface area contributed by atoms with Gasteiger partial charge in [0.05, 0.1) is 0 Å². The lowest BCUT2D eigenvalue weighted by molar-refractivity contribution is 0.218. The molecular weight excluding hydrogens is 226 g/mol. The Labute approximate surface area is 110 Å². The van der Waals surface area contributed by atoms with Gasteiger partial charge in [0, 0.05) is 6.04 Å². The molecule has 0 aromatic carbocycles. The molecule has 2 rings (SSSR count). The Hall–Kier alpha value is -0.340. The molecule has 1 fully saturated rings. The van der Waals surface area contributed by atoms with E-state index in [2.05, 4.69) is 42.9 Å². The van der Waals surface area contributed by atoms with E-state index in [-0.39, 0.29) is 0 Å². The van der Waals surface area contributed by atoms with Crippen molar-refractivity contribution in [3.8, 4) is 0 Å². The van der Waals surface area contributed by atoms with Gasteiger partial charge in [-0.2, -0.15) is 11.3 Å². The maximum absolute atomic E-state index is 3.70. The molecule has 0 aliphatic heterocycles. The maximum Gasteiger partial charge on any atom is 0.00683 e. The number of hydrogen-bond acceptors (Lipinski definition) is 2. The van der Waals surface area contributed by atoms with E-state index < -0.39 is 0 Å². The Bertz CT molecular complexity index is 319. The van der Waals surface area contributed by atoms with Gasteiger partial charge < -0.3 is 5.32 Å². The predicted molar refractivity (Wildman–Crippen MR) is 76.6 cm³/mol. The van der Waals surface area contributed by atoms with Crippen LogP contribution in [-0.2, 0) is 6.42 Å². The first kappa shape index (κ1) is 13.1. The van der Waals surface area contributed by atoms with Crippen LogP contribution in [0.1, 0.15) is 45.6 Å². The maximum atomic E-state index is 3.70. The fourth-order valence-corrected chi connectivity index (χ4v) is 2.92. The van der Waals surface area contributed by atoms with E-state index >= 15 is 0 Å². The van der Waals surface area contributed by atoms with Crippen LogP contribution in [0, 0.1) is 11.3 Å². The summed E-state index contributed by atoms with van der Waals surface area (Å²) in [5.41, 5.74) is 1.92. The van der Waals surface area contributed by atoms with Crippen molar-refractivity contribution in [1.82, 2.24) is 5.32 Å². The minimum absolute atomic E-state index is 0.415. The molecule has 1 saturated carbocycles. The predicted octanol–water partition coefficient (Wildman–Crippen LogP) is 4.10. The standard InChI is InChI=1S/C15H25NS/c1-15(2,3)13(10-16-14-6-7-14)5-4-12-8-9-17-11-12/h8-9,11,13-14,16H,4-7,10H2,1-3H3. The highest BCUT2D eigenvalue weighted by Gasteiger charge is 2.27. The van der Waals surface area contributed by atoms with Gasteiger partial charge in [0.2, 0.25) is 0 Å². The third kappa shape index (κ3) is 4.44. The minimum Gasteiger partial charge on any atom is -0.314 e. The Morgan fingerprint density at radius 1 is 1.41 bits per heavy atom. The van der Waals surface area contributed by atoms with E-state index in [4.69, 9.17) is 0 Å². The van der Waals surface area contributed by atoms with Crippen molar-refractivity contribution in [2.24, 2.45) is 11.3 Å². The van der Waals surface area contributed by atoms with Crippen LogP contribution in [0.15, 0.2) is 16.8 Å². The average molecular weight is 251 g/mol. The fraction of sp³-hybridized carbons (Fsp3) is 0.733. The first-order valence-electron chi connectivity index (χ1n) is 6.80. The highest BCUT2D eigenvalue weighted by Crippen LogP contribution is 2.30. The van der Waals surface area contributed by atoms with Crippen LogP contribution in [0.4, 0.5) is 0 Å². The smallest absolute Gasteiger partial charge is 0.00683 e. The van der Waals surface area contributed by atoms with Crippen LogP contribution in [-0.4, -0.2) is 12.6 Å². The van der Waals surface area contributed by atoms with Gasteiger partial charge in [0.15, 0.2) is 0 Å².